The Kier molecular flexibility index (Phi) is 35.8. The summed E-state index contributed by atoms with van der Waals surface area (Å²) in [7, 11) is -0.0659. The van der Waals surface area contributed by atoms with Crippen molar-refractivity contribution >= 4 is 22.0 Å². The zero-order valence-electron chi connectivity index (χ0n) is 37.7. The number of carbonyl (C=O) groups excluding carboxylic acids is 2. The van der Waals surface area contributed by atoms with E-state index in [1.807, 2.05) is 27.7 Å². The molecule has 0 spiro atoms. The fourth-order valence-electron chi connectivity index (χ4n) is 7.14. The molecule has 9 nitrogen and oxygen atoms in total. The van der Waals surface area contributed by atoms with Gasteiger partial charge < -0.3 is 4.55 Å². The highest BCUT2D eigenvalue weighted by Gasteiger charge is 2.43. The standard InChI is InChI=1S/C44H88NO4.CH4O4S/c1-9-11-13-15-17-19-21-23-25-27-29-31-33-35-37-39-41(46)43(3,4)48-45(7,8)49-44(5,6)42(47)40-38-36-34-32-30-28-26-24-22-20-18-16-14-12-10-2;1-5-6(2,3)4/h9-40H2,1-8H3;1H3,(H,2,3,4)/q+1;/p-1. The van der Waals surface area contributed by atoms with Crippen molar-refractivity contribution in [3.63, 3.8) is 0 Å². The number of unbranched alkanes of at least 4 members (excludes halogenated alkanes) is 28. The summed E-state index contributed by atoms with van der Waals surface area (Å²) in [6, 6.07) is 0. The van der Waals surface area contributed by atoms with Crippen LogP contribution in [-0.4, -0.2) is 61.8 Å². The fourth-order valence-corrected chi connectivity index (χ4v) is 7.14. The third kappa shape index (κ3) is 38.4. The van der Waals surface area contributed by atoms with Crippen molar-refractivity contribution in [2.24, 2.45) is 0 Å². The van der Waals surface area contributed by atoms with E-state index in [2.05, 4.69) is 18.0 Å². The van der Waals surface area contributed by atoms with Gasteiger partial charge in [0, 0.05) is 12.8 Å². The van der Waals surface area contributed by atoms with Crippen molar-refractivity contribution in [2.75, 3.05) is 21.2 Å². The molecule has 0 N–H and O–H groups in total. The maximum Gasteiger partial charge on any atom is 0.217 e. The molecule has 0 aromatic carbocycles. The summed E-state index contributed by atoms with van der Waals surface area (Å²) in [6.45, 7) is 11.9. The zero-order valence-corrected chi connectivity index (χ0v) is 38.6. The van der Waals surface area contributed by atoms with Crippen molar-refractivity contribution in [1.29, 1.82) is 0 Å². The van der Waals surface area contributed by atoms with Crippen LogP contribution in [0.3, 0.4) is 0 Å². The highest BCUT2D eigenvalue weighted by molar-refractivity contribution is 7.80. The van der Waals surface area contributed by atoms with Crippen LogP contribution in [0.2, 0.25) is 0 Å². The van der Waals surface area contributed by atoms with Gasteiger partial charge in [0.05, 0.1) is 7.11 Å². The first-order valence-corrected chi connectivity index (χ1v) is 24.1. The Labute approximate surface area is 341 Å². The molecule has 0 saturated heterocycles. The van der Waals surface area contributed by atoms with Crippen LogP contribution in [0.15, 0.2) is 0 Å². The van der Waals surface area contributed by atoms with Crippen LogP contribution in [0.25, 0.3) is 0 Å². The van der Waals surface area contributed by atoms with Crippen LogP contribution in [0.4, 0.5) is 0 Å². The van der Waals surface area contributed by atoms with Gasteiger partial charge in [0.15, 0.2) is 22.8 Å². The van der Waals surface area contributed by atoms with Crippen LogP contribution >= 0.6 is 0 Å². The highest BCUT2D eigenvalue weighted by atomic mass is 32.3. The van der Waals surface area contributed by atoms with Crippen LogP contribution in [0, 0.1) is 0 Å². The molecule has 0 radical (unpaired) electrons. The number of hydrogen-bond donors (Lipinski definition) is 0. The number of hydrogen-bond acceptors (Lipinski definition) is 8. The molecule has 0 heterocycles. The molecule has 0 aromatic rings. The number of hydroxylamine groups is 4. The Hall–Kier alpha value is -0.910. The number of quaternary nitrogens is 1. The van der Waals surface area contributed by atoms with Crippen molar-refractivity contribution in [3.8, 4) is 0 Å². The van der Waals surface area contributed by atoms with Gasteiger partial charge in [-0.25, -0.2) is 8.42 Å². The fraction of sp³-hybridized carbons (Fsp3) is 0.956. The maximum atomic E-state index is 13.1. The first-order chi connectivity index (χ1) is 25.9. The summed E-state index contributed by atoms with van der Waals surface area (Å²) in [5.41, 5.74) is -1.96. The predicted molar refractivity (Wildman–Crippen MR) is 228 cm³/mol. The Morgan fingerprint density at radius 1 is 0.455 bits per heavy atom. The molecule has 0 aliphatic rings. The smallest absolute Gasteiger partial charge is 0.217 e. The summed E-state index contributed by atoms with van der Waals surface area (Å²) in [5, 5.41) is 0. The second kappa shape index (κ2) is 35.1. The summed E-state index contributed by atoms with van der Waals surface area (Å²) in [6.07, 6.45) is 40.4. The molecule has 0 atom stereocenters. The molecule has 10 heteroatoms. The maximum absolute atomic E-state index is 13.1. The van der Waals surface area contributed by atoms with E-state index >= 15 is 0 Å². The number of nitrogens with zero attached hydrogens (tertiary/aromatic N) is 1. The van der Waals surface area contributed by atoms with Crippen molar-refractivity contribution in [1.82, 2.24) is 0 Å². The highest BCUT2D eigenvalue weighted by Crippen LogP contribution is 2.26. The van der Waals surface area contributed by atoms with Crippen LogP contribution in [0.5, 0.6) is 0 Å². The Balaban J connectivity index is 0. The third-order valence-corrected chi connectivity index (χ3v) is 10.9. The van der Waals surface area contributed by atoms with Crippen LogP contribution < -0.4 is 0 Å². The predicted octanol–water partition coefficient (Wildman–Crippen LogP) is 13.2. The average molecular weight is 806 g/mol. The second-order valence-corrected chi connectivity index (χ2v) is 18.4. The van der Waals surface area contributed by atoms with E-state index in [9.17, 15) is 22.6 Å². The lowest BCUT2D eigenvalue weighted by molar-refractivity contribution is -1.23. The number of carbonyl (C=O) groups is 2. The van der Waals surface area contributed by atoms with Gasteiger partial charge in [0.25, 0.3) is 0 Å². The van der Waals surface area contributed by atoms with E-state index < -0.39 is 21.6 Å². The monoisotopic (exact) mass is 806 g/mol. The van der Waals surface area contributed by atoms with Gasteiger partial charge in [0.2, 0.25) is 10.4 Å². The molecule has 0 saturated carbocycles. The molecule has 0 aromatic heterocycles. The summed E-state index contributed by atoms with van der Waals surface area (Å²) >= 11 is 0. The second-order valence-electron chi connectivity index (χ2n) is 17.3. The SMILES string of the molecule is CCCCCCCCCCCCCCCCCC(=O)C(C)(C)O[N+](C)(C)OC(C)(C)C(=O)CCCCCCCCCCCCCCCCC.COS(=O)(=O)[O-]. The van der Waals surface area contributed by atoms with Gasteiger partial charge in [-0.15, -0.1) is 0 Å². The third-order valence-electron chi connectivity index (χ3n) is 10.5. The van der Waals surface area contributed by atoms with Gasteiger partial charge in [-0.05, 0) is 45.3 Å². The molecule has 0 aliphatic heterocycles. The van der Waals surface area contributed by atoms with Crippen LogP contribution in [0.1, 0.15) is 247 Å². The first-order valence-electron chi connectivity index (χ1n) is 22.8. The van der Waals surface area contributed by atoms with E-state index in [-0.39, 0.29) is 16.4 Å². The van der Waals surface area contributed by atoms with Gasteiger partial charge in [0.1, 0.15) is 14.1 Å². The first kappa shape index (κ1) is 56.2. The summed E-state index contributed by atoms with van der Waals surface area (Å²) in [5.74, 6) is 0.192. The zero-order chi connectivity index (χ0) is 41.9. The normalized spacial score (nSPS) is 12.5. The minimum absolute atomic E-state index is 0.0962. The van der Waals surface area contributed by atoms with E-state index in [0.717, 1.165) is 32.8 Å². The molecule has 55 heavy (non-hydrogen) atoms. The number of Topliss-reactive ketones (excluding diaryl/α,β-unsaturated/α-hetero) is 2. The lowest BCUT2D eigenvalue weighted by atomic mass is 9.97. The minimum atomic E-state index is -4.41. The number of ketones is 2. The molecule has 0 rings (SSSR count). The molecule has 0 fully saturated rings. The molecule has 0 aliphatic carbocycles. The van der Waals surface area contributed by atoms with E-state index in [1.165, 1.54) is 167 Å². The van der Waals surface area contributed by atoms with Crippen molar-refractivity contribution in [3.05, 3.63) is 0 Å². The molecular formula is C45H91NO8S. The van der Waals surface area contributed by atoms with E-state index in [0.29, 0.717) is 12.8 Å². The van der Waals surface area contributed by atoms with Gasteiger partial charge in [-0.3, -0.25) is 13.8 Å². The topological polar surface area (TPSA) is 119 Å². The van der Waals surface area contributed by atoms with Crippen molar-refractivity contribution in [2.45, 2.75) is 258 Å². The minimum Gasteiger partial charge on any atom is -0.726 e. The Morgan fingerprint density at radius 2 is 0.636 bits per heavy atom. The van der Waals surface area contributed by atoms with Gasteiger partial charge in [-0.1, -0.05) is 194 Å². The summed E-state index contributed by atoms with van der Waals surface area (Å²) < 4.78 is 31.0. The molecule has 0 unspecified atom stereocenters. The van der Waals surface area contributed by atoms with Gasteiger partial charge >= 0.3 is 0 Å². The van der Waals surface area contributed by atoms with E-state index in [1.54, 1.807) is 14.1 Å². The number of rotatable bonds is 39. The summed E-state index contributed by atoms with van der Waals surface area (Å²) in [4.78, 5) is 38.3. The molecule has 330 valence electrons. The quantitative estimate of drug-likeness (QED) is 0.0198. The van der Waals surface area contributed by atoms with Gasteiger partial charge in [-0.2, -0.15) is 9.68 Å². The molecule has 0 amide bonds. The molecular weight excluding hydrogens is 715 g/mol. The average Bonchev–Trinajstić information content (AvgIpc) is 3.10. The Bertz CT molecular complexity index is 950. The lowest BCUT2D eigenvalue weighted by Gasteiger charge is -2.36. The van der Waals surface area contributed by atoms with Crippen molar-refractivity contribution < 1.29 is 41.2 Å². The lowest BCUT2D eigenvalue weighted by Crippen LogP contribution is -2.55. The van der Waals surface area contributed by atoms with E-state index in [4.69, 9.17) is 9.68 Å². The Morgan fingerprint density at radius 3 is 0.818 bits per heavy atom. The molecule has 0 bridgehead atoms. The largest absolute Gasteiger partial charge is 0.726 e. The van der Waals surface area contributed by atoms with Crippen LogP contribution in [-0.2, 0) is 33.8 Å².